The van der Waals surface area contributed by atoms with E-state index in [9.17, 15) is 22.0 Å². The zero-order chi connectivity index (χ0) is 14.6. The Kier molecular flexibility index (Phi) is 5.73. The van der Waals surface area contributed by atoms with Crippen molar-refractivity contribution in [2.45, 2.75) is 32.0 Å². The van der Waals surface area contributed by atoms with E-state index in [0.717, 1.165) is 12.1 Å². The summed E-state index contributed by atoms with van der Waals surface area (Å²) < 4.78 is 65.4. The second-order valence-corrected chi connectivity index (χ2v) is 4.93. The van der Waals surface area contributed by atoms with Crippen molar-refractivity contribution in [2.24, 2.45) is 0 Å². The van der Waals surface area contributed by atoms with Gasteiger partial charge in [-0.25, -0.2) is 8.78 Å². The molecule has 0 aliphatic carbocycles. The first kappa shape index (κ1) is 16.4. The smallest absolute Gasteiger partial charge is 0.306 e. The lowest BCUT2D eigenvalue weighted by Gasteiger charge is -2.22. The van der Waals surface area contributed by atoms with E-state index in [4.69, 9.17) is 0 Å². The molecular weight excluding hydrogens is 333 g/mol. The van der Waals surface area contributed by atoms with Crippen LogP contribution in [0.25, 0.3) is 0 Å². The maximum Gasteiger partial charge on any atom is 0.404 e. The summed E-state index contributed by atoms with van der Waals surface area (Å²) in [7, 11) is 0. The summed E-state index contributed by atoms with van der Waals surface area (Å²) in [5.74, 6) is -1.97. The molecular formula is C12H13BrF5N. The molecule has 0 radical (unpaired) electrons. The Morgan fingerprint density at radius 3 is 2.42 bits per heavy atom. The van der Waals surface area contributed by atoms with Crippen LogP contribution in [0.4, 0.5) is 22.0 Å². The third-order valence-electron chi connectivity index (χ3n) is 2.58. The maximum absolute atomic E-state index is 13.7. The van der Waals surface area contributed by atoms with E-state index in [-0.39, 0.29) is 11.0 Å². The van der Waals surface area contributed by atoms with E-state index in [2.05, 4.69) is 21.2 Å². The van der Waals surface area contributed by atoms with E-state index in [1.54, 1.807) is 6.92 Å². The van der Waals surface area contributed by atoms with Gasteiger partial charge in [0.1, 0.15) is 17.7 Å². The molecule has 0 fully saturated rings. The van der Waals surface area contributed by atoms with Crippen LogP contribution in [-0.4, -0.2) is 18.8 Å². The second-order valence-electron chi connectivity index (χ2n) is 4.07. The molecule has 0 bridgehead atoms. The van der Waals surface area contributed by atoms with Gasteiger partial charge in [0.05, 0.1) is 4.47 Å². The molecule has 0 saturated heterocycles. The van der Waals surface area contributed by atoms with Crippen molar-refractivity contribution in [1.82, 2.24) is 5.32 Å². The van der Waals surface area contributed by atoms with Gasteiger partial charge in [0.25, 0.3) is 0 Å². The summed E-state index contributed by atoms with van der Waals surface area (Å²) >= 11 is 2.83. The summed E-state index contributed by atoms with van der Waals surface area (Å²) in [5.41, 5.74) is -0.569. The Labute approximate surface area is 116 Å². The molecule has 7 heteroatoms. The highest BCUT2D eigenvalue weighted by molar-refractivity contribution is 9.10. The van der Waals surface area contributed by atoms with Crippen molar-refractivity contribution in [1.29, 1.82) is 0 Å². The first-order chi connectivity index (χ1) is 8.77. The molecule has 0 saturated carbocycles. The van der Waals surface area contributed by atoms with Crippen LogP contribution in [0.15, 0.2) is 16.6 Å². The van der Waals surface area contributed by atoms with Crippen molar-refractivity contribution in [2.75, 3.05) is 6.54 Å². The van der Waals surface area contributed by atoms with Crippen LogP contribution < -0.4 is 5.32 Å². The molecule has 0 aromatic heterocycles. The number of nitrogens with one attached hydrogen (secondary N) is 1. The van der Waals surface area contributed by atoms with E-state index in [0.29, 0.717) is 6.42 Å². The van der Waals surface area contributed by atoms with Gasteiger partial charge in [0.2, 0.25) is 0 Å². The fraction of sp³-hybridized carbons (Fsp3) is 0.500. The normalized spacial score (nSPS) is 13.6. The number of hydrogen-bond acceptors (Lipinski definition) is 1. The van der Waals surface area contributed by atoms with E-state index in [1.165, 1.54) is 0 Å². The zero-order valence-electron chi connectivity index (χ0n) is 10.1. The highest BCUT2D eigenvalue weighted by Gasteiger charge is 2.40. The van der Waals surface area contributed by atoms with Crippen LogP contribution in [0.5, 0.6) is 0 Å². The molecule has 19 heavy (non-hydrogen) atoms. The van der Waals surface area contributed by atoms with Gasteiger partial charge in [-0.05, 0) is 41.0 Å². The number of halogens is 6. The van der Waals surface area contributed by atoms with Crippen molar-refractivity contribution in [3.05, 3.63) is 33.8 Å². The fourth-order valence-electron chi connectivity index (χ4n) is 1.58. The zero-order valence-corrected chi connectivity index (χ0v) is 11.7. The van der Waals surface area contributed by atoms with Crippen LogP contribution >= 0.6 is 15.9 Å². The number of hydrogen-bond donors (Lipinski definition) is 1. The number of alkyl halides is 3. The van der Waals surface area contributed by atoms with Gasteiger partial charge in [-0.3, -0.25) is 0 Å². The Morgan fingerprint density at radius 2 is 1.89 bits per heavy atom. The minimum Gasteiger partial charge on any atom is -0.306 e. The molecule has 1 aromatic carbocycles. The molecule has 1 atom stereocenters. The molecule has 0 amide bonds. The van der Waals surface area contributed by atoms with Crippen LogP contribution in [0, 0.1) is 11.6 Å². The Bertz CT molecular complexity index is 433. The minimum absolute atomic E-state index is 0.0553. The first-order valence-electron chi connectivity index (χ1n) is 5.69. The van der Waals surface area contributed by atoms with Crippen molar-refractivity contribution >= 4 is 15.9 Å². The lowest BCUT2D eigenvalue weighted by Crippen LogP contribution is -2.44. The van der Waals surface area contributed by atoms with Gasteiger partial charge in [-0.2, -0.15) is 13.2 Å². The van der Waals surface area contributed by atoms with E-state index in [1.807, 2.05) is 0 Å². The van der Waals surface area contributed by atoms with Gasteiger partial charge >= 0.3 is 6.18 Å². The molecule has 108 valence electrons. The Balaban J connectivity index is 2.99. The predicted octanol–water partition coefficient (Wildman–Crippen LogP) is 4.20. The Morgan fingerprint density at radius 1 is 1.26 bits per heavy atom. The lowest BCUT2D eigenvalue weighted by molar-refractivity contribution is -0.155. The van der Waals surface area contributed by atoms with Gasteiger partial charge in [0.15, 0.2) is 0 Å². The minimum atomic E-state index is -4.56. The SMILES string of the molecule is CCCNC(Cc1c(F)ccc(Br)c1F)C(F)(F)F. The average Bonchev–Trinajstić information content (AvgIpc) is 2.32. The fourth-order valence-corrected chi connectivity index (χ4v) is 1.95. The molecule has 0 heterocycles. The molecule has 0 spiro atoms. The molecule has 1 rings (SSSR count). The van der Waals surface area contributed by atoms with Crippen molar-refractivity contribution in [3.63, 3.8) is 0 Å². The molecule has 1 nitrogen and oxygen atoms in total. The van der Waals surface area contributed by atoms with Gasteiger partial charge in [0, 0.05) is 12.0 Å². The summed E-state index contributed by atoms with van der Waals surface area (Å²) in [6, 6.07) is 0.0946. The standard InChI is InChI=1S/C12H13BrF5N/c1-2-5-19-10(12(16,17)18)6-7-9(14)4-3-8(13)11(7)15/h3-4,10,19H,2,5-6H2,1H3. The average molecular weight is 346 g/mol. The summed E-state index contributed by atoms with van der Waals surface area (Å²) in [5, 5.41) is 2.26. The van der Waals surface area contributed by atoms with Gasteiger partial charge in [-0.15, -0.1) is 0 Å². The summed E-state index contributed by atoms with van der Waals surface area (Å²) in [4.78, 5) is 0. The van der Waals surface area contributed by atoms with Gasteiger partial charge < -0.3 is 5.32 Å². The molecule has 1 aromatic rings. The van der Waals surface area contributed by atoms with Crippen molar-refractivity contribution in [3.8, 4) is 0 Å². The van der Waals surface area contributed by atoms with E-state index >= 15 is 0 Å². The van der Waals surface area contributed by atoms with Crippen LogP contribution in [0.2, 0.25) is 0 Å². The third-order valence-corrected chi connectivity index (χ3v) is 3.20. The highest BCUT2D eigenvalue weighted by atomic mass is 79.9. The maximum atomic E-state index is 13.7. The number of rotatable bonds is 5. The van der Waals surface area contributed by atoms with E-state index < -0.39 is 35.8 Å². The molecule has 0 aliphatic heterocycles. The Hall–Kier alpha value is -0.690. The predicted molar refractivity (Wildman–Crippen MR) is 65.9 cm³/mol. The topological polar surface area (TPSA) is 12.0 Å². The molecule has 1 N–H and O–H groups in total. The summed E-state index contributed by atoms with van der Waals surface area (Å²) in [6.45, 7) is 1.84. The first-order valence-corrected chi connectivity index (χ1v) is 6.49. The number of benzene rings is 1. The quantitative estimate of drug-likeness (QED) is 0.623. The second kappa shape index (κ2) is 6.65. The summed E-state index contributed by atoms with van der Waals surface area (Å²) in [6.07, 6.45) is -4.84. The monoisotopic (exact) mass is 345 g/mol. The lowest BCUT2D eigenvalue weighted by atomic mass is 10.0. The molecule has 0 aliphatic rings. The van der Waals surface area contributed by atoms with Crippen LogP contribution in [0.1, 0.15) is 18.9 Å². The van der Waals surface area contributed by atoms with Crippen LogP contribution in [0.3, 0.4) is 0 Å². The van der Waals surface area contributed by atoms with Gasteiger partial charge in [-0.1, -0.05) is 6.92 Å². The third kappa shape index (κ3) is 4.42. The van der Waals surface area contributed by atoms with Crippen LogP contribution in [-0.2, 0) is 6.42 Å². The largest absolute Gasteiger partial charge is 0.404 e. The molecule has 1 unspecified atom stereocenters. The van der Waals surface area contributed by atoms with Crippen molar-refractivity contribution < 1.29 is 22.0 Å². The highest BCUT2D eigenvalue weighted by Crippen LogP contribution is 2.28.